The average Bonchev–Trinajstić information content (AvgIpc) is 3.13. The fourth-order valence-corrected chi connectivity index (χ4v) is 4.07. The lowest BCUT2D eigenvalue weighted by Gasteiger charge is -2.23. The summed E-state index contributed by atoms with van der Waals surface area (Å²) in [4.78, 5) is 19.0. The van der Waals surface area contributed by atoms with Crippen molar-refractivity contribution in [1.29, 1.82) is 0 Å². The maximum atomic E-state index is 14.1. The molecule has 1 aliphatic heterocycles. The van der Waals surface area contributed by atoms with Gasteiger partial charge in [-0.2, -0.15) is 0 Å². The summed E-state index contributed by atoms with van der Waals surface area (Å²) in [5, 5.41) is 4.56. The van der Waals surface area contributed by atoms with Crippen LogP contribution in [0.3, 0.4) is 0 Å². The van der Waals surface area contributed by atoms with Gasteiger partial charge in [0, 0.05) is 30.9 Å². The molecule has 1 fully saturated rings. The fourth-order valence-electron chi connectivity index (χ4n) is 4.07. The summed E-state index contributed by atoms with van der Waals surface area (Å²) in [7, 11) is 1.75. The average molecular weight is 394 g/mol. The Bertz CT molecular complexity index is 1040. The lowest BCUT2D eigenvalue weighted by molar-refractivity contribution is 0.0754. The number of hydrogen-bond acceptors (Lipinski definition) is 3. The highest BCUT2D eigenvalue weighted by Crippen LogP contribution is 2.35. The molecule has 152 valence electrons. The molecule has 0 atom stereocenters. The Labute approximate surface area is 170 Å². The zero-order chi connectivity index (χ0) is 20.5. The molecule has 0 saturated carbocycles. The third-order valence-electron chi connectivity index (χ3n) is 5.96. The van der Waals surface area contributed by atoms with Gasteiger partial charge in [-0.3, -0.25) is 9.78 Å². The Morgan fingerprint density at radius 2 is 2.03 bits per heavy atom. The molecule has 1 amide bonds. The van der Waals surface area contributed by atoms with Crippen molar-refractivity contribution in [3.63, 3.8) is 0 Å². The first-order chi connectivity index (χ1) is 14.0. The molecule has 1 N–H and O–H groups in total. The molecule has 0 radical (unpaired) electrons. The second kappa shape index (κ2) is 7.95. The Morgan fingerprint density at radius 1 is 1.28 bits per heavy atom. The predicted molar refractivity (Wildman–Crippen MR) is 113 cm³/mol. The summed E-state index contributed by atoms with van der Waals surface area (Å²) in [6, 6.07) is 6.49. The predicted octanol–water partition coefficient (Wildman–Crippen LogP) is 4.11. The van der Waals surface area contributed by atoms with Crippen LogP contribution >= 0.6 is 0 Å². The molecule has 1 saturated heterocycles. The van der Waals surface area contributed by atoms with E-state index in [4.69, 9.17) is 0 Å². The Morgan fingerprint density at radius 3 is 2.76 bits per heavy atom. The van der Waals surface area contributed by atoms with E-state index >= 15 is 0 Å². The maximum Gasteiger partial charge on any atom is 0.256 e. The Kier molecular flexibility index (Phi) is 5.37. The summed E-state index contributed by atoms with van der Waals surface area (Å²) in [5.41, 5.74) is 3.25. The molecule has 1 aliphatic rings. The number of amides is 1. The van der Waals surface area contributed by atoms with E-state index in [2.05, 4.69) is 16.5 Å². The highest BCUT2D eigenvalue weighted by Gasteiger charge is 2.24. The normalized spacial score (nSPS) is 15.2. The van der Waals surface area contributed by atoms with E-state index in [0.29, 0.717) is 17.2 Å². The molecule has 6 heteroatoms. The first kappa shape index (κ1) is 19.6. The number of aromatic nitrogens is 2. The molecular weight excluding hydrogens is 367 g/mol. The lowest BCUT2D eigenvalue weighted by atomic mass is 9.90. The second-order valence-electron chi connectivity index (χ2n) is 8.04. The zero-order valence-electron chi connectivity index (χ0n) is 17.2. The third kappa shape index (κ3) is 3.65. The van der Waals surface area contributed by atoms with E-state index in [1.165, 1.54) is 17.7 Å². The summed E-state index contributed by atoms with van der Waals surface area (Å²) < 4.78 is 16.1. The number of nitrogens with zero attached hydrogens (tertiary/aromatic N) is 3. The van der Waals surface area contributed by atoms with Crippen molar-refractivity contribution in [3.8, 4) is 5.69 Å². The van der Waals surface area contributed by atoms with Crippen LogP contribution in [0, 0.1) is 5.82 Å². The molecule has 0 bridgehead atoms. The van der Waals surface area contributed by atoms with E-state index in [1.54, 1.807) is 24.2 Å². The van der Waals surface area contributed by atoms with Gasteiger partial charge in [-0.05, 0) is 75.5 Å². The molecule has 1 aromatic carbocycles. The fraction of sp³-hybridized carbons (Fsp3) is 0.391. The molecular formula is C23H27FN4O. The van der Waals surface area contributed by atoms with Crippen LogP contribution in [0.25, 0.3) is 16.6 Å². The number of carbonyl (C=O) groups excluding carboxylic acids is 1. The second-order valence-corrected chi connectivity index (χ2v) is 8.04. The number of halogens is 1. The summed E-state index contributed by atoms with van der Waals surface area (Å²) in [6.45, 7) is 5.89. The van der Waals surface area contributed by atoms with Crippen molar-refractivity contribution in [1.82, 2.24) is 19.8 Å². The summed E-state index contributed by atoms with van der Waals surface area (Å²) in [5.74, 6) is -0.147. The molecule has 0 aliphatic carbocycles. The minimum atomic E-state index is -0.414. The molecule has 5 nitrogen and oxygen atoms in total. The van der Waals surface area contributed by atoms with Crippen molar-refractivity contribution < 1.29 is 9.18 Å². The molecule has 29 heavy (non-hydrogen) atoms. The smallest absolute Gasteiger partial charge is 0.256 e. The van der Waals surface area contributed by atoms with Crippen molar-refractivity contribution in [2.75, 3.05) is 20.1 Å². The SMILES string of the molecule is CC(C)N(C)C(=O)c1cc(F)ccc1-n1cc(C2CCNCC2)c2ccncc21. The van der Waals surface area contributed by atoms with Crippen molar-refractivity contribution in [2.45, 2.75) is 38.6 Å². The van der Waals surface area contributed by atoms with Crippen LogP contribution in [0.1, 0.15) is 48.5 Å². The third-order valence-corrected chi connectivity index (χ3v) is 5.96. The molecule has 4 rings (SSSR count). The van der Waals surface area contributed by atoms with E-state index in [9.17, 15) is 9.18 Å². The van der Waals surface area contributed by atoms with E-state index in [-0.39, 0.29) is 11.9 Å². The van der Waals surface area contributed by atoms with Gasteiger partial charge in [0.1, 0.15) is 5.82 Å². The number of pyridine rings is 1. The molecule has 2 aromatic heterocycles. The van der Waals surface area contributed by atoms with Crippen LogP contribution in [-0.4, -0.2) is 46.5 Å². The molecule has 0 unspecified atom stereocenters. The standard InChI is InChI=1S/C23H27FN4O/c1-15(2)27(3)23(29)19-12-17(24)4-5-21(19)28-14-20(16-6-9-25-10-7-16)18-8-11-26-13-22(18)28/h4-5,8,11-16,25H,6-7,9-10H2,1-3H3. The van der Waals surface area contributed by atoms with Crippen LogP contribution in [0.15, 0.2) is 42.9 Å². The van der Waals surface area contributed by atoms with Crippen LogP contribution in [0.5, 0.6) is 0 Å². The van der Waals surface area contributed by atoms with Gasteiger partial charge in [0.25, 0.3) is 5.91 Å². The first-order valence-electron chi connectivity index (χ1n) is 10.2. The first-order valence-corrected chi connectivity index (χ1v) is 10.2. The van der Waals surface area contributed by atoms with Crippen LogP contribution in [0.2, 0.25) is 0 Å². The Hall–Kier alpha value is -2.73. The summed E-state index contributed by atoms with van der Waals surface area (Å²) in [6.07, 6.45) is 7.89. The number of rotatable bonds is 4. The van der Waals surface area contributed by atoms with Crippen molar-refractivity contribution >= 4 is 16.8 Å². The van der Waals surface area contributed by atoms with Gasteiger partial charge in [-0.15, -0.1) is 0 Å². The number of hydrogen-bond donors (Lipinski definition) is 1. The molecule has 3 heterocycles. The molecule has 3 aromatic rings. The van der Waals surface area contributed by atoms with Crippen molar-refractivity contribution in [2.24, 2.45) is 0 Å². The number of carbonyl (C=O) groups is 1. The Balaban J connectivity index is 1.88. The maximum absolute atomic E-state index is 14.1. The minimum Gasteiger partial charge on any atom is -0.339 e. The zero-order valence-corrected chi connectivity index (χ0v) is 17.2. The minimum absolute atomic E-state index is 0.0204. The molecule has 0 spiro atoms. The summed E-state index contributed by atoms with van der Waals surface area (Å²) >= 11 is 0. The van der Waals surface area contributed by atoms with Gasteiger partial charge in [0.05, 0.1) is 23.0 Å². The van der Waals surface area contributed by atoms with Crippen molar-refractivity contribution in [3.05, 3.63) is 59.8 Å². The van der Waals surface area contributed by atoms with Crippen LogP contribution in [0.4, 0.5) is 4.39 Å². The van der Waals surface area contributed by atoms with Gasteiger partial charge in [-0.25, -0.2) is 4.39 Å². The van der Waals surface area contributed by atoms with E-state index in [0.717, 1.165) is 36.8 Å². The number of nitrogens with one attached hydrogen (secondary N) is 1. The van der Waals surface area contributed by atoms with E-state index in [1.807, 2.05) is 30.7 Å². The largest absolute Gasteiger partial charge is 0.339 e. The number of piperidine rings is 1. The van der Waals surface area contributed by atoms with Gasteiger partial charge in [0.15, 0.2) is 0 Å². The monoisotopic (exact) mass is 394 g/mol. The highest BCUT2D eigenvalue weighted by atomic mass is 19.1. The van der Waals surface area contributed by atoms with Gasteiger partial charge < -0.3 is 14.8 Å². The quantitative estimate of drug-likeness (QED) is 0.724. The van der Waals surface area contributed by atoms with Gasteiger partial charge >= 0.3 is 0 Å². The van der Waals surface area contributed by atoms with Crippen LogP contribution in [-0.2, 0) is 0 Å². The van der Waals surface area contributed by atoms with Gasteiger partial charge in [0.2, 0.25) is 0 Å². The number of fused-ring (bicyclic) bond motifs is 1. The van der Waals surface area contributed by atoms with Gasteiger partial charge in [-0.1, -0.05) is 0 Å². The van der Waals surface area contributed by atoms with Crippen LogP contribution < -0.4 is 5.32 Å². The highest BCUT2D eigenvalue weighted by molar-refractivity contribution is 5.99. The lowest BCUT2D eigenvalue weighted by Crippen LogP contribution is -2.33. The van der Waals surface area contributed by atoms with E-state index < -0.39 is 5.82 Å². The number of benzene rings is 1. The topological polar surface area (TPSA) is 50.2 Å².